The lowest BCUT2D eigenvalue weighted by molar-refractivity contribution is -0.139. The van der Waals surface area contributed by atoms with E-state index in [9.17, 15) is 18.0 Å². The van der Waals surface area contributed by atoms with E-state index in [-0.39, 0.29) is 35.7 Å². The molecule has 0 atom stereocenters. The Balaban J connectivity index is 3.37. The van der Waals surface area contributed by atoms with Crippen molar-refractivity contribution in [1.82, 2.24) is 5.32 Å². The molecule has 0 heterocycles. The Bertz CT molecular complexity index is 569. The van der Waals surface area contributed by atoms with Crippen LogP contribution in [0.2, 0.25) is 0 Å². The van der Waals surface area contributed by atoms with Crippen molar-refractivity contribution in [3.8, 4) is 5.75 Å². The Morgan fingerprint density at radius 2 is 2.00 bits per heavy atom. The van der Waals surface area contributed by atoms with Crippen molar-refractivity contribution in [2.24, 2.45) is 0 Å². The predicted molar refractivity (Wildman–Crippen MR) is 83.7 cm³/mol. The van der Waals surface area contributed by atoms with Gasteiger partial charge in [-0.25, -0.2) is 0 Å². The maximum absolute atomic E-state index is 13.4. The highest BCUT2D eigenvalue weighted by Crippen LogP contribution is 2.42. The van der Waals surface area contributed by atoms with E-state index in [0.717, 1.165) is 0 Å². The van der Waals surface area contributed by atoms with E-state index >= 15 is 0 Å². The molecule has 0 spiro atoms. The van der Waals surface area contributed by atoms with Crippen molar-refractivity contribution in [3.63, 3.8) is 0 Å². The van der Waals surface area contributed by atoms with Crippen LogP contribution in [0.25, 0.3) is 0 Å². The minimum Gasteiger partial charge on any atom is -0.496 e. The van der Waals surface area contributed by atoms with E-state index in [0.29, 0.717) is 6.54 Å². The second kappa shape index (κ2) is 8.57. The molecule has 1 amide bonds. The molecule has 0 aliphatic heterocycles. The van der Waals surface area contributed by atoms with E-state index in [1.54, 1.807) is 26.1 Å². The van der Waals surface area contributed by atoms with Crippen LogP contribution >= 0.6 is 0 Å². The summed E-state index contributed by atoms with van der Waals surface area (Å²) in [4.78, 5) is 11.6. The van der Waals surface area contributed by atoms with E-state index in [2.05, 4.69) is 10.6 Å². The zero-order valence-corrected chi connectivity index (χ0v) is 13.4. The van der Waals surface area contributed by atoms with Crippen LogP contribution in [0, 0.1) is 0 Å². The SMILES string of the molecule is CCC(=O)Nc1ccc(OC)c(C(F)(F)F)c1C/C=C/CNC. The maximum atomic E-state index is 13.4. The largest absolute Gasteiger partial charge is 0.496 e. The van der Waals surface area contributed by atoms with Crippen LogP contribution in [0.15, 0.2) is 24.3 Å². The van der Waals surface area contributed by atoms with Crippen molar-refractivity contribution < 1.29 is 22.7 Å². The number of benzene rings is 1. The second-order valence-electron chi connectivity index (χ2n) is 4.80. The summed E-state index contributed by atoms with van der Waals surface area (Å²) in [6.45, 7) is 2.18. The van der Waals surface area contributed by atoms with Crippen LogP contribution < -0.4 is 15.4 Å². The summed E-state index contributed by atoms with van der Waals surface area (Å²) in [6, 6.07) is 2.65. The zero-order chi connectivity index (χ0) is 17.5. The number of amides is 1. The minimum absolute atomic E-state index is 0.00833. The summed E-state index contributed by atoms with van der Waals surface area (Å²) in [7, 11) is 2.93. The van der Waals surface area contributed by atoms with E-state index in [1.165, 1.54) is 19.2 Å². The topological polar surface area (TPSA) is 50.4 Å². The number of hydrogen-bond donors (Lipinski definition) is 2. The van der Waals surface area contributed by atoms with Crippen molar-refractivity contribution in [3.05, 3.63) is 35.4 Å². The fourth-order valence-corrected chi connectivity index (χ4v) is 2.08. The van der Waals surface area contributed by atoms with E-state index in [4.69, 9.17) is 4.74 Å². The van der Waals surface area contributed by atoms with Gasteiger partial charge in [-0.15, -0.1) is 0 Å². The van der Waals surface area contributed by atoms with Crippen molar-refractivity contribution >= 4 is 11.6 Å². The van der Waals surface area contributed by atoms with Gasteiger partial charge in [-0.3, -0.25) is 4.79 Å². The highest BCUT2D eigenvalue weighted by molar-refractivity contribution is 5.91. The number of methoxy groups -OCH3 is 1. The van der Waals surface area contributed by atoms with Gasteiger partial charge >= 0.3 is 6.18 Å². The summed E-state index contributed by atoms with van der Waals surface area (Å²) in [5.74, 6) is -0.604. The van der Waals surface area contributed by atoms with Crippen LogP contribution in [0.4, 0.5) is 18.9 Å². The number of hydrogen-bond acceptors (Lipinski definition) is 3. The van der Waals surface area contributed by atoms with Gasteiger partial charge in [0.15, 0.2) is 0 Å². The third-order valence-electron chi connectivity index (χ3n) is 3.18. The first-order valence-electron chi connectivity index (χ1n) is 7.21. The number of anilines is 1. The Morgan fingerprint density at radius 3 is 2.52 bits per heavy atom. The number of rotatable bonds is 7. The Labute approximate surface area is 133 Å². The van der Waals surface area contributed by atoms with Crippen LogP contribution in [-0.2, 0) is 17.4 Å². The molecule has 2 N–H and O–H groups in total. The first kappa shape index (κ1) is 19.0. The Kier molecular flexibility index (Phi) is 7.09. The summed E-state index contributed by atoms with van der Waals surface area (Å²) in [5.41, 5.74) is -0.715. The number of likely N-dealkylation sites (N-methyl/N-ethyl adjacent to an activating group) is 1. The van der Waals surface area contributed by atoms with E-state index < -0.39 is 11.7 Å². The number of carbonyl (C=O) groups is 1. The van der Waals surface area contributed by atoms with Crippen molar-refractivity contribution in [2.45, 2.75) is 25.9 Å². The first-order valence-corrected chi connectivity index (χ1v) is 7.21. The lowest BCUT2D eigenvalue weighted by Crippen LogP contribution is -2.16. The van der Waals surface area contributed by atoms with Gasteiger partial charge in [-0.05, 0) is 31.2 Å². The molecule has 0 saturated carbocycles. The molecule has 23 heavy (non-hydrogen) atoms. The van der Waals surface area contributed by atoms with Gasteiger partial charge < -0.3 is 15.4 Å². The monoisotopic (exact) mass is 330 g/mol. The molecule has 7 heteroatoms. The molecule has 4 nitrogen and oxygen atoms in total. The molecule has 1 rings (SSSR count). The molecule has 0 saturated heterocycles. The summed E-state index contributed by atoms with van der Waals surface area (Å²) >= 11 is 0. The average molecular weight is 330 g/mol. The molecule has 0 aliphatic rings. The summed E-state index contributed by atoms with van der Waals surface area (Å²) in [5, 5.41) is 5.39. The van der Waals surface area contributed by atoms with E-state index in [1.807, 2.05) is 0 Å². The highest BCUT2D eigenvalue weighted by Gasteiger charge is 2.38. The third-order valence-corrected chi connectivity index (χ3v) is 3.18. The number of alkyl halides is 3. The van der Waals surface area contributed by atoms with Crippen LogP contribution in [0.3, 0.4) is 0 Å². The first-order chi connectivity index (χ1) is 10.8. The zero-order valence-electron chi connectivity index (χ0n) is 13.4. The molecule has 0 unspecified atom stereocenters. The van der Waals surface area contributed by atoms with Crippen LogP contribution in [0.5, 0.6) is 5.75 Å². The van der Waals surface area contributed by atoms with Gasteiger partial charge in [0, 0.05) is 18.7 Å². The molecule has 1 aromatic rings. The second-order valence-corrected chi connectivity index (χ2v) is 4.80. The number of nitrogens with one attached hydrogen (secondary N) is 2. The van der Waals surface area contributed by atoms with Gasteiger partial charge in [0.25, 0.3) is 0 Å². The number of allylic oxidation sites excluding steroid dienone is 1. The average Bonchev–Trinajstić information content (AvgIpc) is 2.50. The lowest BCUT2D eigenvalue weighted by Gasteiger charge is -2.19. The minimum atomic E-state index is -4.58. The Hall–Kier alpha value is -2.02. The lowest BCUT2D eigenvalue weighted by atomic mass is 9.99. The quantitative estimate of drug-likeness (QED) is 0.754. The van der Waals surface area contributed by atoms with Gasteiger partial charge in [-0.1, -0.05) is 19.1 Å². The van der Waals surface area contributed by atoms with Crippen molar-refractivity contribution in [2.75, 3.05) is 26.0 Å². The fourth-order valence-electron chi connectivity index (χ4n) is 2.08. The smallest absolute Gasteiger partial charge is 0.420 e. The molecular weight excluding hydrogens is 309 g/mol. The standard InChI is InChI=1S/C16H21F3N2O2/c1-4-14(22)21-12-8-9-13(23-3)15(16(17,18)19)11(12)7-5-6-10-20-2/h5-6,8-9,20H,4,7,10H2,1-3H3,(H,21,22)/b6-5+. The fraction of sp³-hybridized carbons (Fsp3) is 0.438. The summed E-state index contributed by atoms with van der Waals surface area (Å²) in [6.07, 6.45) is -1.01. The van der Waals surface area contributed by atoms with Gasteiger partial charge in [0.05, 0.1) is 7.11 Å². The molecule has 0 aromatic heterocycles. The van der Waals surface area contributed by atoms with Crippen LogP contribution in [0.1, 0.15) is 24.5 Å². The van der Waals surface area contributed by atoms with Crippen LogP contribution in [-0.4, -0.2) is 26.6 Å². The highest BCUT2D eigenvalue weighted by atomic mass is 19.4. The molecular formula is C16H21F3N2O2. The number of ether oxygens (including phenoxy) is 1. The molecule has 0 fully saturated rings. The summed E-state index contributed by atoms with van der Waals surface area (Å²) < 4.78 is 45.2. The molecule has 1 aromatic carbocycles. The van der Waals surface area contributed by atoms with Crippen molar-refractivity contribution in [1.29, 1.82) is 0 Å². The number of halogens is 3. The third kappa shape index (κ3) is 5.28. The number of carbonyl (C=O) groups excluding carboxylic acids is 1. The van der Waals surface area contributed by atoms with Gasteiger partial charge in [0.1, 0.15) is 11.3 Å². The van der Waals surface area contributed by atoms with Gasteiger partial charge in [-0.2, -0.15) is 13.2 Å². The maximum Gasteiger partial charge on any atom is 0.420 e. The van der Waals surface area contributed by atoms with Gasteiger partial charge in [0.2, 0.25) is 5.91 Å². The Morgan fingerprint density at radius 1 is 1.30 bits per heavy atom. The molecule has 0 radical (unpaired) electrons. The molecule has 0 bridgehead atoms. The normalized spacial score (nSPS) is 11.7. The molecule has 0 aliphatic carbocycles. The predicted octanol–water partition coefficient (Wildman–Crippen LogP) is 3.38. The molecule has 128 valence electrons.